The molecule has 0 saturated heterocycles. The van der Waals surface area contributed by atoms with Crippen LogP contribution < -0.4 is 4.90 Å². The number of ether oxygens (including phenoxy) is 2. The van der Waals surface area contributed by atoms with Gasteiger partial charge in [-0.25, -0.2) is 9.59 Å². The molecule has 3 rings (SSSR count). The quantitative estimate of drug-likeness (QED) is 0.205. The zero-order valence-corrected chi connectivity index (χ0v) is 17.7. The predicted octanol–water partition coefficient (Wildman–Crippen LogP) is 5.67. The van der Waals surface area contributed by atoms with Crippen molar-refractivity contribution < 1.29 is 19.1 Å². The van der Waals surface area contributed by atoms with Crippen molar-refractivity contribution in [3.63, 3.8) is 0 Å². The number of carbonyl (C=O) groups is 2. The van der Waals surface area contributed by atoms with Gasteiger partial charge in [-0.05, 0) is 61.9 Å². The molecule has 0 aliphatic carbocycles. The zero-order chi connectivity index (χ0) is 22.1. The molecular weight excluding hydrogens is 390 g/mol. The number of benzene rings is 3. The van der Waals surface area contributed by atoms with Crippen LogP contribution in [0.1, 0.15) is 19.4 Å². The highest BCUT2D eigenvalue weighted by Gasteiger charge is 2.21. The monoisotopic (exact) mass is 415 g/mol. The smallest absolute Gasteiger partial charge is 0.345 e. The molecule has 0 radical (unpaired) electrons. The molecule has 0 N–H and O–H groups in total. The van der Waals surface area contributed by atoms with Gasteiger partial charge in [-0.1, -0.05) is 48.5 Å². The molecule has 0 fully saturated rings. The van der Waals surface area contributed by atoms with Gasteiger partial charge in [-0.15, -0.1) is 0 Å². The lowest BCUT2D eigenvalue weighted by atomic mass is 10.1. The highest BCUT2D eigenvalue weighted by atomic mass is 16.6. The molecule has 0 amide bonds. The molecule has 0 spiro atoms. The number of esters is 2. The molecule has 0 saturated carbocycles. The van der Waals surface area contributed by atoms with E-state index < -0.39 is 11.9 Å². The van der Waals surface area contributed by atoms with Crippen LogP contribution in [0.25, 0.3) is 6.08 Å². The zero-order valence-electron chi connectivity index (χ0n) is 17.7. The second-order valence-electron chi connectivity index (χ2n) is 6.60. The van der Waals surface area contributed by atoms with Crippen molar-refractivity contribution in [3.05, 3.63) is 96.1 Å². The molecule has 0 heterocycles. The largest absolute Gasteiger partial charge is 0.462 e. The molecule has 5 heteroatoms. The van der Waals surface area contributed by atoms with E-state index in [1.165, 1.54) is 6.08 Å². The Morgan fingerprint density at radius 3 is 1.52 bits per heavy atom. The van der Waals surface area contributed by atoms with E-state index in [-0.39, 0.29) is 18.8 Å². The molecule has 0 atom stereocenters. The van der Waals surface area contributed by atoms with E-state index in [4.69, 9.17) is 9.47 Å². The van der Waals surface area contributed by atoms with Crippen molar-refractivity contribution in [3.8, 4) is 0 Å². The third-order valence-electron chi connectivity index (χ3n) is 4.48. The first-order valence-electron chi connectivity index (χ1n) is 10.2. The maximum Gasteiger partial charge on any atom is 0.345 e. The molecule has 0 aromatic heterocycles. The summed E-state index contributed by atoms with van der Waals surface area (Å²) >= 11 is 0. The minimum Gasteiger partial charge on any atom is -0.462 e. The summed E-state index contributed by atoms with van der Waals surface area (Å²) in [4.78, 5) is 26.5. The van der Waals surface area contributed by atoms with Crippen molar-refractivity contribution in [1.82, 2.24) is 0 Å². The van der Waals surface area contributed by atoms with Gasteiger partial charge in [0.1, 0.15) is 5.57 Å². The van der Waals surface area contributed by atoms with Crippen LogP contribution in [0.15, 0.2) is 90.5 Å². The van der Waals surface area contributed by atoms with E-state index in [2.05, 4.69) is 4.90 Å². The fraction of sp³-hybridized carbons (Fsp3) is 0.154. The maximum absolute atomic E-state index is 12.2. The average Bonchev–Trinajstić information content (AvgIpc) is 2.80. The van der Waals surface area contributed by atoms with Gasteiger partial charge >= 0.3 is 11.9 Å². The summed E-state index contributed by atoms with van der Waals surface area (Å²) in [6, 6.07) is 27.7. The second-order valence-corrected chi connectivity index (χ2v) is 6.60. The van der Waals surface area contributed by atoms with Gasteiger partial charge in [0.05, 0.1) is 13.2 Å². The van der Waals surface area contributed by atoms with Crippen LogP contribution in [0.2, 0.25) is 0 Å². The first-order valence-corrected chi connectivity index (χ1v) is 10.2. The molecular formula is C26H25NO4. The van der Waals surface area contributed by atoms with Gasteiger partial charge in [0.25, 0.3) is 0 Å². The number of anilines is 3. The van der Waals surface area contributed by atoms with Gasteiger partial charge in [-0.2, -0.15) is 0 Å². The SMILES string of the molecule is CCOC(=O)C(=Cc1ccc(N(c2ccccc2)c2ccccc2)cc1)C(=O)OCC. The molecule has 0 aliphatic rings. The van der Waals surface area contributed by atoms with Gasteiger partial charge < -0.3 is 14.4 Å². The molecule has 0 bridgehead atoms. The number of hydrogen-bond donors (Lipinski definition) is 0. The van der Waals surface area contributed by atoms with Crippen LogP contribution in [0.4, 0.5) is 17.1 Å². The summed E-state index contributed by atoms with van der Waals surface area (Å²) < 4.78 is 10.0. The van der Waals surface area contributed by atoms with E-state index in [1.54, 1.807) is 13.8 Å². The van der Waals surface area contributed by atoms with Gasteiger partial charge in [-0.3, -0.25) is 0 Å². The minimum atomic E-state index is -0.694. The Labute approximate surface area is 182 Å². The van der Waals surface area contributed by atoms with E-state index in [1.807, 2.05) is 84.9 Å². The van der Waals surface area contributed by atoms with Crippen molar-refractivity contribution in [2.75, 3.05) is 18.1 Å². The Morgan fingerprint density at radius 1 is 0.677 bits per heavy atom. The summed E-state index contributed by atoms with van der Waals surface area (Å²) in [5.41, 5.74) is 3.56. The highest BCUT2D eigenvalue weighted by Crippen LogP contribution is 2.34. The van der Waals surface area contributed by atoms with E-state index in [0.29, 0.717) is 5.56 Å². The fourth-order valence-corrected chi connectivity index (χ4v) is 3.11. The van der Waals surface area contributed by atoms with Crippen molar-refractivity contribution >= 4 is 35.1 Å². The minimum absolute atomic E-state index is 0.126. The number of nitrogens with zero attached hydrogens (tertiary/aromatic N) is 1. The summed E-state index contributed by atoms with van der Waals surface area (Å²) in [6.45, 7) is 3.74. The lowest BCUT2D eigenvalue weighted by Crippen LogP contribution is -2.18. The Morgan fingerprint density at radius 2 is 1.10 bits per heavy atom. The first-order chi connectivity index (χ1) is 15.1. The van der Waals surface area contributed by atoms with Gasteiger partial charge in [0.15, 0.2) is 0 Å². The summed E-state index contributed by atoms with van der Waals surface area (Å²) in [5, 5.41) is 0. The molecule has 3 aromatic carbocycles. The molecule has 31 heavy (non-hydrogen) atoms. The maximum atomic E-state index is 12.2. The van der Waals surface area contributed by atoms with E-state index in [9.17, 15) is 9.59 Å². The number of hydrogen-bond acceptors (Lipinski definition) is 5. The van der Waals surface area contributed by atoms with Crippen LogP contribution in [0, 0.1) is 0 Å². The Bertz CT molecular complexity index is 969. The molecule has 158 valence electrons. The first kappa shape index (κ1) is 21.8. The average molecular weight is 415 g/mol. The fourth-order valence-electron chi connectivity index (χ4n) is 3.11. The topological polar surface area (TPSA) is 55.8 Å². The number of rotatable bonds is 8. The highest BCUT2D eigenvalue weighted by molar-refractivity contribution is 6.17. The molecule has 0 aliphatic heterocycles. The van der Waals surface area contributed by atoms with Gasteiger partial charge in [0, 0.05) is 17.1 Å². The Kier molecular flexibility index (Phi) is 7.60. The van der Waals surface area contributed by atoms with Crippen LogP contribution in [0.3, 0.4) is 0 Å². The van der Waals surface area contributed by atoms with Crippen LogP contribution in [-0.4, -0.2) is 25.2 Å². The predicted molar refractivity (Wildman–Crippen MR) is 122 cm³/mol. The lowest BCUT2D eigenvalue weighted by molar-refractivity contribution is -0.146. The van der Waals surface area contributed by atoms with Gasteiger partial charge in [0.2, 0.25) is 0 Å². The summed E-state index contributed by atoms with van der Waals surface area (Å²) in [6.07, 6.45) is 1.50. The van der Waals surface area contributed by atoms with E-state index >= 15 is 0 Å². The molecule has 3 aromatic rings. The summed E-state index contributed by atoms with van der Waals surface area (Å²) in [7, 11) is 0. The summed E-state index contributed by atoms with van der Waals surface area (Å²) in [5.74, 6) is -1.39. The second kappa shape index (κ2) is 10.8. The van der Waals surface area contributed by atoms with Crippen molar-refractivity contribution in [2.45, 2.75) is 13.8 Å². The Balaban J connectivity index is 1.96. The molecule has 0 unspecified atom stereocenters. The third kappa shape index (κ3) is 5.60. The lowest BCUT2D eigenvalue weighted by Gasteiger charge is -2.25. The van der Waals surface area contributed by atoms with E-state index in [0.717, 1.165) is 17.1 Å². The standard InChI is InChI=1S/C26H25NO4/c1-3-30-25(28)24(26(29)31-4-2)19-20-15-17-23(18-16-20)27(21-11-7-5-8-12-21)22-13-9-6-10-14-22/h5-19H,3-4H2,1-2H3. The van der Waals surface area contributed by atoms with Crippen molar-refractivity contribution in [1.29, 1.82) is 0 Å². The Hall–Kier alpha value is -3.86. The number of carbonyl (C=O) groups excluding carboxylic acids is 2. The van der Waals surface area contributed by atoms with Crippen LogP contribution in [-0.2, 0) is 19.1 Å². The van der Waals surface area contributed by atoms with Crippen LogP contribution >= 0.6 is 0 Å². The van der Waals surface area contributed by atoms with Crippen LogP contribution in [0.5, 0.6) is 0 Å². The van der Waals surface area contributed by atoms with Crippen molar-refractivity contribution in [2.24, 2.45) is 0 Å². The number of para-hydroxylation sites is 2. The molecule has 5 nitrogen and oxygen atoms in total. The third-order valence-corrected chi connectivity index (χ3v) is 4.48. The normalized spacial score (nSPS) is 10.1.